The monoisotopic (exact) mass is 511 g/mol. The third-order valence-corrected chi connectivity index (χ3v) is 5.67. The second-order valence-electron chi connectivity index (χ2n) is 9.40. The third kappa shape index (κ3) is 7.19. The maximum Gasteiger partial charge on any atom is 0.246 e. The van der Waals surface area contributed by atoms with Gasteiger partial charge in [0.1, 0.15) is 11.8 Å². The molecule has 3 aromatic carbocycles. The molecule has 4 aromatic rings. The second kappa shape index (κ2) is 11.6. The minimum Gasteiger partial charge on any atom is -0.497 e. The lowest BCUT2D eigenvalue weighted by Crippen LogP contribution is -2.32. The van der Waals surface area contributed by atoms with Crippen molar-refractivity contribution in [3.63, 3.8) is 0 Å². The maximum absolute atomic E-state index is 12.9. The quantitative estimate of drug-likeness (QED) is 0.215. The standard InChI is InChI=1S/C29H33N7O2/c1-17-10-18(2)13-23(12-17)32-28-34-27(35-29(36-28)33-24-14-19(3)11-20(4)15-24)30-21(5)26(37)31-22-8-7-9-25(16-22)38-6/h7-16,21H,1-6H3,(H,31,37)(H3,30,32,33,34,35,36)/t21-/m0/s1. The molecule has 0 aliphatic rings. The van der Waals surface area contributed by atoms with E-state index < -0.39 is 6.04 Å². The normalized spacial score (nSPS) is 11.4. The average Bonchev–Trinajstić information content (AvgIpc) is 2.82. The molecule has 1 heterocycles. The number of nitrogens with zero attached hydrogens (tertiary/aromatic N) is 3. The third-order valence-electron chi connectivity index (χ3n) is 5.67. The first-order valence-electron chi connectivity index (χ1n) is 12.3. The van der Waals surface area contributed by atoms with Crippen molar-refractivity contribution >= 4 is 40.8 Å². The molecule has 0 aliphatic heterocycles. The van der Waals surface area contributed by atoms with E-state index in [9.17, 15) is 4.79 Å². The number of methoxy groups -OCH3 is 1. The van der Waals surface area contributed by atoms with Gasteiger partial charge < -0.3 is 26.0 Å². The Morgan fingerprint density at radius 3 is 1.71 bits per heavy atom. The molecule has 0 unspecified atom stereocenters. The SMILES string of the molecule is COc1cccc(NC(=O)[C@H](C)Nc2nc(Nc3cc(C)cc(C)c3)nc(Nc3cc(C)cc(C)c3)n2)c1. The highest BCUT2D eigenvalue weighted by Gasteiger charge is 2.17. The Hall–Kier alpha value is -4.66. The van der Waals surface area contributed by atoms with Gasteiger partial charge in [-0.05, 0) is 93.3 Å². The van der Waals surface area contributed by atoms with Crippen molar-refractivity contribution in [2.45, 2.75) is 40.7 Å². The Morgan fingerprint density at radius 1 is 0.711 bits per heavy atom. The number of anilines is 6. The van der Waals surface area contributed by atoms with Crippen molar-refractivity contribution in [2.24, 2.45) is 0 Å². The summed E-state index contributed by atoms with van der Waals surface area (Å²) in [6, 6.07) is 18.8. The second-order valence-corrected chi connectivity index (χ2v) is 9.40. The first-order valence-corrected chi connectivity index (χ1v) is 12.3. The molecule has 0 saturated heterocycles. The van der Waals surface area contributed by atoms with Crippen LogP contribution in [0, 0.1) is 27.7 Å². The first kappa shape index (κ1) is 26.4. The van der Waals surface area contributed by atoms with Crippen molar-refractivity contribution in [3.8, 4) is 5.75 Å². The Bertz CT molecular complexity index is 1340. The predicted molar refractivity (Wildman–Crippen MR) is 153 cm³/mol. The van der Waals surface area contributed by atoms with Gasteiger partial charge in [0.15, 0.2) is 0 Å². The number of benzene rings is 3. The van der Waals surface area contributed by atoms with Gasteiger partial charge >= 0.3 is 0 Å². The van der Waals surface area contributed by atoms with Crippen LogP contribution in [-0.2, 0) is 4.79 Å². The fourth-order valence-electron chi connectivity index (χ4n) is 4.11. The van der Waals surface area contributed by atoms with Crippen molar-refractivity contribution in [2.75, 3.05) is 28.4 Å². The Morgan fingerprint density at radius 2 is 1.21 bits per heavy atom. The fraction of sp³-hybridized carbons (Fsp3) is 0.241. The zero-order chi connectivity index (χ0) is 27.2. The van der Waals surface area contributed by atoms with Gasteiger partial charge in [0.05, 0.1) is 7.11 Å². The molecule has 0 saturated carbocycles. The smallest absolute Gasteiger partial charge is 0.246 e. The van der Waals surface area contributed by atoms with Crippen LogP contribution in [-0.4, -0.2) is 34.0 Å². The van der Waals surface area contributed by atoms with E-state index in [1.54, 1.807) is 26.2 Å². The van der Waals surface area contributed by atoms with Crippen LogP contribution in [0.5, 0.6) is 5.75 Å². The molecule has 9 heteroatoms. The van der Waals surface area contributed by atoms with Crippen LogP contribution in [0.2, 0.25) is 0 Å². The zero-order valence-corrected chi connectivity index (χ0v) is 22.5. The summed E-state index contributed by atoms with van der Waals surface area (Å²) in [5.74, 6) is 1.36. The molecular weight excluding hydrogens is 478 g/mol. The summed E-state index contributed by atoms with van der Waals surface area (Å²) in [6.45, 7) is 9.89. The largest absolute Gasteiger partial charge is 0.497 e. The highest BCUT2D eigenvalue weighted by atomic mass is 16.5. The van der Waals surface area contributed by atoms with Crippen molar-refractivity contribution in [1.82, 2.24) is 15.0 Å². The number of aryl methyl sites for hydroxylation is 4. The number of amides is 1. The summed E-state index contributed by atoms with van der Waals surface area (Å²) in [6.07, 6.45) is 0. The van der Waals surface area contributed by atoms with Crippen molar-refractivity contribution in [1.29, 1.82) is 0 Å². The maximum atomic E-state index is 12.9. The molecule has 0 spiro atoms. The van der Waals surface area contributed by atoms with Crippen LogP contribution >= 0.6 is 0 Å². The van der Waals surface area contributed by atoms with Crippen LogP contribution in [0.25, 0.3) is 0 Å². The van der Waals surface area contributed by atoms with E-state index in [2.05, 4.69) is 48.4 Å². The topological polar surface area (TPSA) is 113 Å². The molecule has 1 aromatic heterocycles. The minimum absolute atomic E-state index is 0.244. The van der Waals surface area contributed by atoms with Gasteiger partial charge in [-0.3, -0.25) is 4.79 Å². The molecule has 0 fully saturated rings. The van der Waals surface area contributed by atoms with E-state index in [0.29, 0.717) is 23.3 Å². The molecule has 1 amide bonds. The van der Waals surface area contributed by atoms with Crippen molar-refractivity contribution in [3.05, 3.63) is 82.9 Å². The lowest BCUT2D eigenvalue weighted by atomic mass is 10.1. The number of aromatic nitrogens is 3. The fourth-order valence-corrected chi connectivity index (χ4v) is 4.11. The van der Waals surface area contributed by atoms with Crippen LogP contribution in [0.4, 0.5) is 34.9 Å². The van der Waals surface area contributed by atoms with E-state index in [-0.39, 0.29) is 11.9 Å². The molecular formula is C29H33N7O2. The van der Waals surface area contributed by atoms with Crippen LogP contribution in [0.3, 0.4) is 0 Å². The van der Waals surface area contributed by atoms with Gasteiger partial charge in [-0.2, -0.15) is 15.0 Å². The zero-order valence-electron chi connectivity index (χ0n) is 22.5. The van der Waals surface area contributed by atoms with Gasteiger partial charge in [-0.15, -0.1) is 0 Å². The highest BCUT2D eigenvalue weighted by molar-refractivity contribution is 5.96. The number of hydrogen-bond acceptors (Lipinski definition) is 8. The van der Waals surface area contributed by atoms with Crippen LogP contribution in [0.15, 0.2) is 60.7 Å². The number of hydrogen-bond donors (Lipinski definition) is 4. The first-order chi connectivity index (χ1) is 18.2. The number of ether oxygens (including phenoxy) is 1. The lowest BCUT2D eigenvalue weighted by Gasteiger charge is -2.16. The molecule has 0 aliphatic carbocycles. The molecule has 0 bridgehead atoms. The molecule has 38 heavy (non-hydrogen) atoms. The summed E-state index contributed by atoms with van der Waals surface area (Å²) in [7, 11) is 1.58. The van der Waals surface area contributed by atoms with Gasteiger partial charge in [0.25, 0.3) is 0 Å². The molecule has 196 valence electrons. The molecule has 4 N–H and O–H groups in total. The molecule has 0 radical (unpaired) electrons. The van der Waals surface area contributed by atoms with Gasteiger partial charge in [0, 0.05) is 23.1 Å². The van der Waals surface area contributed by atoms with Gasteiger partial charge in [0.2, 0.25) is 23.8 Å². The van der Waals surface area contributed by atoms with E-state index in [4.69, 9.17) is 4.74 Å². The Labute approximate surface area is 223 Å². The van der Waals surface area contributed by atoms with E-state index in [0.717, 1.165) is 33.6 Å². The average molecular weight is 512 g/mol. The number of rotatable bonds is 9. The molecule has 4 rings (SSSR count). The summed E-state index contributed by atoms with van der Waals surface area (Å²) in [4.78, 5) is 26.6. The van der Waals surface area contributed by atoms with Crippen LogP contribution < -0.4 is 26.0 Å². The molecule has 1 atom stereocenters. The van der Waals surface area contributed by atoms with Gasteiger partial charge in [-0.1, -0.05) is 18.2 Å². The Kier molecular flexibility index (Phi) is 8.06. The number of carbonyl (C=O) groups is 1. The number of nitrogens with one attached hydrogen (secondary N) is 4. The number of carbonyl (C=O) groups excluding carboxylic acids is 1. The predicted octanol–water partition coefficient (Wildman–Crippen LogP) is 6.04. The summed E-state index contributed by atoms with van der Waals surface area (Å²) in [5, 5.41) is 12.5. The van der Waals surface area contributed by atoms with E-state index in [1.165, 1.54) is 0 Å². The van der Waals surface area contributed by atoms with E-state index >= 15 is 0 Å². The summed E-state index contributed by atoms with van der Waals surface area (Å²) < 4.78 is 5.24. The highest BCUT2D eigenvalue weighted by Crippen LogP contribution is 2.23. The van der Waals surface area contributed by atoms with E-state index in [1.807, 2.05) is 64.1 Å². The van der Waals surface area contributed by atoms with Crippen molar-refractivity contribution < 1.29 is 9.53 Å². The lowest BCUT2D eigenvalue weighted by molar-refractivity contribution is -0.116. The molecule has 9 nitrogen and oxygen atoms in total. The minimum atomic E-state index is -0.633. The van der Waals surface area contributed by atoms with Crippen LogP contribution in [0.1, 0.15) is 29.2 Å². The summed E-state index contributed by atoms with van der Waals surface area (Å²) in [5.41, 5.74) is 6.84. The summed E-state index contributed by atoms with van der Waals surface area (Å²) >= 11 is 0. The Balaban J connectivity index is 1.59. The van der Waals surface area contributed by atoms with Gasteiger partial charge in [-0.25, -0.2) is 0 Å².